The van der Waals surface area contributed by atoms with E-state index in [1.165, 1.54) is 29.2 Å². The molecule has 0 radical (unpaired) electrons. The van der Waals surface area contributed by atoms with Crippen molar-refractivity contribution in [2.75, 3.05) is 18.4 Å². The normalized spacial score (nSPS) is 18.4. The Morgan fingerprint density at radius 2 is 2.00 bits per heavy atom. The van der Waals surface area contributed by atoms with E-state index in [-0.39, 0.29) is 0 Å². The average Bonchev–Trinajstić information content (AvgIpc) is 2.62. The Bertz CT molecular complexity index is 861. The molecule has 3 aromatic rings. The lowest BCUT2D eigenvalue weighted by atomic mass is 10.0. The number of benzene rings is 2. The van der Waals surface area contributed by atoms with Crippen molar-refractivity contribution in [3.8, 4) is 0 Å². The summed E-state index contributed by atoms with van der Waals surface area (Å²) in [6.07, 6.45) is 4.20. The summed E-state index contributed by atoms with van der Waals surface area (Å²) in [4.78, 5) is 11.3. The number of aryl methyl sites for hydroxylation is 1. The number of nitrogens with zero attached hydrogens (tertiary/aromatic N) is 3. The molecule has 0 saturated carbocycles. The van der Waals surface area contributed by atoms with Crippen molar-refractivity contribution in [2.45, 2.75) is 32.4 Å². The van der Waals surface area contributed by atoms with Gasteiger partial charge in [-0.1, -0.05) is 36.4 Å². The molecule has 1 saturated heterocycles. The minimum Gasteiger partial charge on any atom is -0.350 e. The maximum Gasteiger partial charge on any atom is 0.223 e. The quantitative estimate of drug-likeness (QED) is 0.783. The van der Waals surface area contributed by atoms with Crippen LogP contribution in [0.25, 0.3) is 10.8 Å². The van der Waals surface area contributed by atoms with Gasteiger partial charge in [0, 0.05) is 31.0 Å². The predicted molar refractivity (Wildman–Crippen MR) is 103 cm³/mol. The second-order valence-electron chi connectivity index (χ2n) is 6.92. The second kappa shape index (κ2) is 7.19. The Kier molecular flexibility index (Phi) is 4.61. The number of hydrogen-bond donors (Lipinski definition) is 1. The molecule has 1 unspecified atom stereocenters. The van der Waals surface area contributed by atoms with Crippen LogP contribution in [0.5, 0.6) is 0 Å². The van der Waals surface area contributed by atoms with E-state index in [0.29, 0.717) is 6.04 Å². The zero-order valence-corrected chi connectivity index (χ0v) is 14.7. The standard InChI is InChI=1S/C21H24N4/c1-16-10-11-22-21(23-16)24-20-7-4-12-25(15-20)14-17-8-9-18-5-2-3-6-19(18)13-17/h2-3,5-6,8-11,13,20H,4,7,12,14-15H2,1H3,(H,22,23,24). The maximum absolute atomic E-state index is 4.47. The van der Waals surface area contributed by atoms with Gasteiger partial charge in [-0.05, 0) is 54.8 Å². The third kappa shape index (κ3) is 3.97. The topological polar surface area (TPSA) is 41.1 Å². The molecule has 2 heterocycles. The molecule has 0 aliphatic carbocycles. The van der Waals surface area contributed by atoms with Crippen molar-refractivity contribution in [3.05, 3.63) is 66.0 Å². The molecule has 0 bridgehead atoms. The van der Waals surface area contributed by atoms with Crippen LogP contribution in [0.2, 0.25) is 0 Å². The maximum atomic E-state index is 4.47. The van der Waals surface area contributed by atoms with Crippen LogP contribution in [-0.2, 0) is 6.54 Å². The molecule has 4 heteroatoms. The van der Waals surface area contributed by atoms with Crippen molar-refractivity contribution in [2.24, 2.45) is 0 Å². The van der Waals surface area contributed by atoms with E-state index in [1.807, 2.05) is 19.2 Å². The van der Waals surface area contributed by atoms with E-state index in [4.69, 9.17) is 0 Å². The van der Waals surface area contributed by atoms with Gasteiger partial charge in [0.05, 0.1) is 0 Å². The lowest BCUT2D eigenvalue weighted by Gasteiger charge is -2.33. The van der Waals surface area contributed by atoms with Crippen molar-refractivity contribution >= 4 is 16.7 Å². The molecular weight excluding hydrogens is 308 g/mol. The highest BCUT2D eigenvalue weighted by molar-refractivity contribution is 5.82. The van der Waals surface area contributed by atoms with E-state index in [0.717, 1.165) is 31.3 Å². The van der Waals surface area contributed by atoms with Crippen LogP contribution < -0.4 is 5.32 Å². The SMILES string of the molecule is Cc1ccnc(NC2CCCN(Cc3ccc4ccccc4c3)C2)n1. The van der Waals surface area contributed by atoms with Gasteiger partial charge < -0.3 is 5.32 Å². The van der Waals surface area contributed by atoms with Crippen LogP contribution in [0.3, 0.4) is 0 Å². The van der Waals surface area contributed by atoms with Crippen LogP contribution in [0, 0.1) is 6.92 Å². The molecule has 1 aromatic heterocycles. The number of fused-ring (bicyclic) bond motifs is 1. The average molecular weight is 332 g/mol. The van der Waals surface area contributed by atoms with Crippen LogP contribution >= 0.6 is 0 Å². The zero-order chi connectivity index (χ0) is 17.1. The van der Waals surface area contributed by atoms with E-state index < -0.39 is 0 Å². The highest BCUT2D eigenvalue weighted by Gasteiger charge is 2.20. The predicted octanol–water partition coefficient (Wildman–Crippen LogP) is 4.01. The van der Waals surface area contributed by atoms with Gasteiger partial charge >= 0.3 is 0 Å². The number of aromatic nitrogens is 2. The summed E-state index contributed by atoms with van der Waals surface area (Å²) in [6, 6.07) is 17.7. The van der Waals surface area contributed by atoms with Crippen LogP contribution in [-0.4, -0.2) is 34.0 Å². The van der Waals surface area contributed by atoms with Gasteiger partial charge in [0.15, 0.2) is 0 Å². The monoisotopic (exact) mass is 332 g/mol. The van der Waals surface area contributed by atoms with Crippen LogP contribution in [0.15, 0.2) is 54.7 Å². The molecule has 4 rings (SSSR count). The molecule has 0 spiro atoms. The fourth-order valence-corrected chi connectivity index (χ4v) is 3.61. The molecule has 1 fully saturated rings. The Labute approximate surface area is 148 Å². The summed E-state index contributed by atoms with van der Waals surface area (Å²) in [6.45, 7) is 5.18. The van der Waals surface area contributed by atoms with E-state index in [1.54, 1.807) is 0 Å². The number of rotatable bonds is 4. The first-order valence-electron chi connectivity index (χ1n) is 9.02. The lowest BCUT2D eigenvalue weighted by molar-refractivity contribution is 0.208. The summed E-state index contributed by atoms with van der Waals surface area (Å²) in [5.74, 6) is 0.748. The first-order chi connectivity index (χ1) is 12.3. The highest BCUT2D eigenvalue weighted by atomic mass is 15.2. The molecular formula is C21H24N4. The molecule has 1 aliphatic rings. The largest absolute Gasteiger partial charge is 0.350 e. The minimum atomic E-state index is 0.413. The van der Waals surface area contributed by atoms with E-state index >= 15 is 0 Å². The minimum absolute atomic E-state index is 0.413. The molecule has 128 valence electrons. The summed E-state index contributed by atoms with van der Waals surface area (Å²) >= 11 is 0. The number of anilines is 1. The highest BCUT2D eigenvalue weighted by Crippen LogP contribution is 2.20. The summed E-state index contributed by atoms with van der Waals surface area (Å²) in [7, 11) is 0. The van der Waals surface area contributed by atoms with Gasteiger partial charge in [-0.2, -0.15) is 0 Å². The fraction of sp³-hybridized carbons (Fsp3) is 0.333. The summed E-state index contributed by atoms with van der Waals surface area (Å²) in [5, 5.41) is 6.13. The van der Waals surface area contributed by atoms with Crippen molar-refractivity contribution in [1.82, 2.24) is 14.9 Å². The Balaban J connectivity index is 1.42. The summed E-state index contributed by atoms with van der Waals surface area (Å²) < 4.78 is 0. The van der Waals surface area contributed by atoms with Gasteiger partial charge in [-0.3, -0.25) is 4.90 Å². The Hall–Kier alpha value is -2.46. The first kappa shape index (κ1) is 16.0. The molecule has 0 amide bonds. The van der Waals surface area contributed by atoms with Crippen LogP contribution in [0.4, 0.5) is 5.95 Å². The second-order valence-corrected chi connectivity index (χ2v) is 6.92. The number of hydrogen-bond acceptors (Lipinski definition) is 4. The van der Waals surface area contributed by atoms with Gasteiger partial charge in [0.2, 0.25) is 5.95 Å². The number of likely N-dealkylation sites (tertiary alicyclic amines) is 1. The molecule has 1 N–H and O–H groups in total. The zero-order valence-electron chi connectivity index (χ0n) is 14.7. The third-order valence-corrected chi connectivity index (χ3v) is 4.85. The van der Waals surface area contributed by atoms with E-state index in [9.17, 15) is 0 Å². The Morgan fingerprint density at radius 3 is 2.88 bits per heavy atom. The Morgan fingerprint density at radius 1 is 1.12 bits per heavy atom. The third-order valence-electron chi connectivity index (χ3n) is 4.85. The lowest BCUT2D eigenvalue weighted by Crippen LogP contribution is -2.41. The summed E-state index contributed by atoms with van der Waals surface area (Å²) in [5.41, 5.74) is 2.38. The van der Waals surface area contributed by atoms with Gasteiger partial charge in [-0.25, -0.2) is 9.97 Å². The molecule has 4 nitrogen and oxygen atoms in total. The van der Waals surface area contributed by atoms with Gasteiger partial charge in [-0.15, -0.1) is 0 Å². The number of piperidine rings is 1. The smallest absolute Gasteiger partial charge is 0.223 e. The van der Waals surface area contributed by atoms with Crippen LogP contribution in [0.1, 0.15) is 24.1 Å². The molecule has 1 aliphatic heterocycles. The molecule has 1 atom stereocenters. The fourth-order valence-electron chi connectivity index (χ4n) is 3.61. The number of nitrogens with one attached hydrogen (secondary N) is 1. The van der Waals surface area contributed by atoms with E-state index in [2.05, 4.69) is 62.6 Å². The molecule has 25 heavy (non-hydrogen) atoms. The van der Waals surface area contributed by atoms with Crippen molar-refractivity contribution in [1.29, 1.82) is 0 Å². The molecule has 2 aromatic carbocycles. The first-order valence-corrected chi connectivity index (χ1v) is 9.02. The van der Waals surface area contributed by atoms with Gasteiger partial charge in [0.1, 0.15) is 0 Å². The van der Waals surface area contributed by atoms with Crippen molar-refractivity contribution in [3.63, 3.8) is 0 Å². The van der Waals surface area contributed by atoms with Crippen molar-refractivity contribution < 1.29 is 0 Å². The van der Waals surface area contributed by atoms with Gasteiger partial charge in [0.25, 0.3) is 0 Å².